The summed E-state index contributed by atoms with van der Waals surface area (Å²) in [7, 11) is 0. The first-order valence-electron chi connectivity index (χ1n) is 8.09. The molecule has 1 heterocycles. The predicted octanol–water partition coefficient (Wildman–Crippen LogP) is 4.99. The highest BCUT2D eigenvalue weighted by molar-refractivity contribution is 6.35. The van der Waals surface area contributed by atoms with Gasteiger partial charge < -0.3 is 15.7 Å². The number of benzene rings is 2. The van der Waals surface area contributed by atoms with E-state index in [0.717, 1.165) is 11.3 Å². The summed E-state index contributed by atoms with van der Waals surface area (Å²) in [4.78, 5) is 9.01. The van der Waals surface area contributed by atoms with Crippen molar-refractivity contribution in [1.82, 2.24) is 9.97 Å². The quantitative estimate of drug-likeness (QED) is 0.554. The van der Waals surface area contributed by atoms with E-state index >= 15 is 0 Å². The molecule has 0 aliphatic rings. The molecule has 0 spiro atoms. The fourth-order valence-electron chi connectivity index (χ4n) is 2.33. The number of hydrogen-bond acceptors (Lipinski definition) is 5. The van der Waals surface area contributed by atoms with Crippen LogP contribution in [0.5, 0.6) is 0 Å². The summed E-state index contributed by atoms with van der Waals surface area (Å²) < 4.78 is 0. The second-order valence-electron chi connectivity index (χ2n) is 5.81. The molecule has 0 unspecified atom stereocenters. The van der Waals surface area contributed by atoms with Gasteiger partial charge in [0, 0.05) is 22.7 Å². The van der Waals surface area contributed by atoms with Gasteiger partial charge in [-0.15, -0.1) is 0 Å². The van der Waals surface area contributed by atoms with Crippen molar-refractivity contribution in [2.45, 2.75) is 13.0 Å². The lowest BCUT2D eigenvalue weighted by atomic mass is 10.1. The molecule has 1 atom stereocenters. The zero-order valence-electron chi connectivity index (χ0n) is 14.1. The van der Waals surface area contributed by atoms with Gasteiger partial charge in [0.15, 0.2) is 0 Å². The molecule has 0 aliphatic carbocycles. The van der Waals surface area contributed by atoms with Crippen LogP contribution in [0.3, 0.4) is 0 Å². The third kappa shape index (κ3) is 4.64. The Kier molecular flexibility index (Phi) is 5.93. The predicted molar refractivity (Wildman–Crippen MR) is 107 cm³/mol. The highest BCUT2D eigenvalue weighted by atomic mass is 35.5. The number of hydrogen-bond donors (Lipinski definition) is 3. The third-order valence-corrected chi connectivity index (χ3v) is 4.20. The van der Waals surface area contributed by atoms with Crippen LogP contribution in [0.25, 0.3) is 11.3 Å². The van der Waals surface area contributed by atoms with Gasteiger partial charge >= 0.3 is 0 Å². The van der Waals surface area contributed by atoms with Crippen LogP contribution in [0.4, 0.5) is 17.5 Å². The standard InChI is InChI=1S/C19H18Cl2N4O/c1-12(11-26)22-19-24-16(13-5-3-2-4-6-13)10-18(25-19)23-17-9-14(20)7-8-15(17)21/h2-10,12,26H,11H2,1H3,(H2,22,23,24,25)/t12-/m1/s1. The first-order chi connectivity index (χ1) is 12.5. The average molecular weight is 389 g/mol. The average Bonchev–Trinajstić information content (AvgIpc) is 2.65. The second kappa shape index (κ2) is 8.36. The lowest BCUT2D eigenvalue weighted by Gasteiger charge is -2.15. The van der Waals surface area contributed by atoms with Gasteiger partial charge in [-0.25, -0.2) is 4.98 Å². The smallest absolute Gasteiger partial charge is 0.225 e. The summed E-state index contributed by atoms with van der Waals surface area (Å²) in [5.74, 6) is 0.976. The number of rotatable bonds is 6. The monoisotopic (exact) mass is 388 g/mol. The van der Waals surface area contributed by atoms with Crippen molar-refractivity contribution in [3.63, 3.8) is 0 Å². The van der Waals surface area contributed by atoms with E-state index in [-0.39, 0.29) is 12.6 Å². The minimum atomic E-state index is -0.177. The van der Waals surface area contributed by atoms with E-state index in [1.54, 1.807) is 18.2 Å². The molecule has 26 heavy (non-hydrogen) atoms. The van der Waals surface area contributed by atoms with Crippen LogP contribution in [0.1, 0.15) is 6.92 Å². The molecule has 0 aliphatic heterocycles. The van der Waals surface area contributed by atoms with Crippen LogP contribution in [0.2, 0.25) is 10.0 Å². The van der Waals surface area contributed by atoms with E-state index in [9.17, 15) is 5.11 Å². The first-order valence-corrected chi connectivity index (χ1v) is 8.84. The van der Waals surface area contributed by atoms with Gasteiger partial charge in [-0.05, 0) is 25.1 Å². The van der Waals surface area contributed by atoms with E-state index in [1.807, 2.05) is 43.3 Å². The van der Waals surface area contributed by atoms with Gasteiger partial charge in [0.05, 0.1) is 23.0 Å². The van der Waals surface area contributed by atoms with Crippen molar-refractivity contribution >= 4 is 40.7 Å². The lowest BCUT2D eigenvalue weighted by molar-refractivity contribution is 0.281. The minimum absolute atomic E-state index is 0.0260. The van der Waals surface area contributed by atoms with Crippen molar-refractivity contribution in [3.8, 4) is 11.3 Å². The molecule has 0 fully saturated rings. The zero-order chi connectivity index (χ0) is 18.5. The van der Waals surface area contributed by atoms with Crippen molar-refractivity contribution in [2.24, 2.45) is 0 Å². The maximum Gasteiger partial charge on any atom is 0.225 e. The highest BCUT2D eigenvalue weighted by Gasteiger charge is 2.10. The molecular weight excluding hydrogens is 371 g/mol. The third-order valence-electron chi connectivity index (χ3n) is 3.64. The van der Waals surface area contributed by atoms with Crippen molar-refractivity contribution in [3.05, 3.63) is 64.6 Å². The molecule has 2 aromatic carbocycles. The van der Waals surface area contributed by atoms with Crippen molar-refractivity contribution in [2.75, 3.05) is 17.2 Å². The molecule has 0 saturated carbocycles. The number of nitrogens with zero attached hydrogens (tertiary/aromatic N) is 2. The molecule has 0 saturated heterocycles. The minimum Gasteiger partial charge on any atom is -0.394 e. The normalized spacial score (nSPS) is 11.8. The summed E-state index contributed by atoms with van der Waals surface area (Å²) in [5, 5.41) is 16.7. The second-order valence-corrected chi connectivity index (χ2v) is 6.65. The maximum absolute atomic E-state index is 9.29. The number of aliphatic hydroxyl groups excluding tert-OH is 1. The van der Waals surface area contributed by atoms with Crippen LogP contribution in [-0.2, 0) is 0 Å². The van der Waals surface area contributed by atoms with Crippen molar-refractivity contribution < 1.29 is 5.11 Å². The van der Waals surface area contributed by atoms with E-state index in [4.69, 9.17) is 23.2 Å². The molecule has 7 heteroatoms. The van der Waals surface area contributed by atoms with E-state index < -0.39 is 0 Å². The number of halogens is 2. The number of anilines is 3. The van der Waals surface area contributed by atoms with E-state index in [0.29, 0.717) is 27.5 Å². The van der Waals surface area contributed by atoms with Crippen LogP contribution < -0.4 is 10.6 Å². The molecule has 134 valence electrons. The van der Waals surface area contributed by atoms with Gasteiger partial charge in [0.1, 0.15) is 5.82 Å². The number of nitrogens with one attached hydrogen (secondary N) is 2. The summed E-state index contributed by atoms with van der Waals surface area (Å²) >= 11 is 12.3. The summed E-state index contributed by atoms with van der Waals surface area (Å²) in [5.41, 5.74) is 2.35. The van der Waals surface area contributed by atoms with Gasteiger partial charge in [-0.1, -0.05) is 53.5 Å². The van der Waals surface area contributed by atoms with E-state index in [2.05, 4.69) is 20.6 Å². The van der Waals surface area contributed by atoms with Gasteiger partial charge in [0.2, 0.25) is 5.95 Å². The SMILES string of the molecule is C[C@H](CO)Nc1nc(Nc2cc(Cl)ccc2Cl)cc(-c2ccccc2)n1. The Balaban J connectivity index is 2.00. The molecule has 1 aromatic heterocycles. The maximum atomic E-state index is 9.29. The van der Waals surface area contributed by atoms with Crippen LogP contribution in [0.15, 0.2) is 54.6 Å². The first kappa shape index (κ1) is 18.5. The van der Waals surface area contributed by atoms with Crippen LogP contribution in [0, 0.1) is 0 Å². The molecule has 3 N–H and O–H groups in total. The Morgan fingerprint density at radius 1 is 1.04 bits per heavy atom. The summed E-state index contributed by atoms with van der Waals surface area (Å²) in [6.45, 7) is 1.82. The molecule has 3 rings (SSSR count). The van der Waals surface area contributed by atoms with Crippen molar-refractivity contribution in [1.29, 1.82) is 0 Å². The Bertz CT molecular complexity index is 890. The zero-order valence-corrected chi connectivity index (χ0v) is 15.6. The van der Waals surface area contributed by atoms with Gasteiger partial charge in [-0.2, -0.15) is 4.98 Å². The molecular formula is C19H18Cl2N4O. The van der Waals surface area contributed by atoms with Crippen LogP contribution in [-0.4, -0.2) is 27.7 Å². The topological polar surface area (TPSA) is 70.1 Å². The van der Waals surface area contributed by atoms with Gasteiger partial charge in [-0.3, -0.25) is 0 Å². The lowest BCUT2D eigenvalue weighted by Crippen LogP contribution is -2.21. The largest absolute Gasteiger partial charge is 0.394 e. The Morgan fingerprint density at radius 3 is 2.54 bits per heavy atom. The fraction of sp³-hybridized carbons (Fsp3) is 0.158. The molecule has 0 bridgehead atoms. The Morgan fingerprint density at radius 2 is 1.81 bits per heavy atom. The molecule has 5 nitrogen and oxygen atoms in total. The number of aliphatic hydroxyl groups is 1. The summed E-state index contributed by atoms with van der Waals surface area (Å²) in [6, 6.07) is 16.6. The van der Waals surface area contributed by atoms with E-state index in [1.165, 1.54) is 0 Å². The molecule has 3 aromatic rings. The highest BCUT2D eigenvalue weighted by Crippen LogP contribution is 2.29. The Labute approximate surface area is 162 Å². The fourth-order valence-corrected chi connectivity index (χ4v) is 2.67. The van der Waals surface area contributed by atoms with Crippen LogP contribution >= 0.6 is 23.2 Å². The molecule has 0 radical (unpaired) electrons. The Hall–Kier alpha value is -2.34. The summed E-state index contributed by atoms with van der Waals surface area (Å²) in [6.07, 6.45) is 0. The number of aromatic nitrogens is 2. The van der Waals surface area contributed by atoms with Gasteiger partial charge in [0.25, 0.3) is 0 Å². The molecule has 0 amide bonds.